The van der Waals surface area contributed by atoms with Crippen LogP contribution < -0.4 is 10.5 Å². The molecule has 0 spiro atoms. The number of sulfonamides is 1. The number of primary sulfonamides is 1. The van der Waals surface area contributed by atoms with Crippen molar-refractivity contribution in [3.63, 3.8) is 0 Å². The van der Waals surface area contributed by atoms with Crippen LogP contribution in [0.5, 0.6) is 0 Å². The molecule has 1 atom stereocenters. The maximum Gasteiger partial charge on any atom is 0.254 e. The van der Waals surface area contributed by atoms with Crippen molar-refractivity contribution in [2.45, 2.75) is 37.1 Å². The van der Waals surface area contributed by atoms with Crippen LogP contribution in [0.2, 0.25) is 0 Å². The average molecular weight is 379 g/mol. The molecule has 2 rings (SSSR count). The summed E-state index contributed by atoms with van der Waals surface area (Å²) in [5, 5.41) is 7.63. The predicted octanol–water partition coefficient (Wildman–Crippen LogP) is 2.15. The van der Waals surface area contributed by atoms with Crippen molar-refractivity contribution < 1.29 is 17.6 Å². The van der Waals surface area contributed by atoms with Gasteiger partial charge in [-0.15, -0.1) is 0 Å². The van der Waals surface area contributed by atoms with Crippen LogP contribution in [0.1, 0.15) is 36.5 Å². The van der Waals surface area contributed by atoms with Gasteiger partial charge in [-0.25, -0.2) is 17.9 Å². The Kier molecular flexibility index (Phi) is 4.69. The van der Waals surface area contributed by atoms with Crippen LogP contribution in [-0.4, -0.2) is 20.4 Å². The highest BCUT2D eigenvalue weighted by molar-refractivity contribution is 9.10. The zero-order chi connectivity index (χ0) is 15.8. The fourth-order valence-corrected chi connectivity index (χ4v) is 3.41. The summed E-state index contributed by atoms with van der Waals surface area (Å²) >= 11 is 3.06. The summed E-state index contributed by atoms with van der Waals surface area (Å²) in [5.41, 5.74) is -0.337. The summed E-state index contributed by atoms with van der Waals surface area (Å²) in [5.74, 6) is -1.16. The molecule has 1 fully saturated rings. The van der Waals surface area contributed by atoms with Gasteiger partial charge in [-0.05, 0) is 31.4 Å². The average Bonchev–Trinajstić information content (AvgIpc) is 3.13. The van der Waals surface area contributed by atoms with E-state index >= 15 is 0 Å². The van der Waals surface area contributed by atoms with Gasteiger partial charge in [0.1, 0.15) is 4.90 Å². The monoisotopic (exact) mass is 378 g/mol. The Morgan fingerprint density at radius 1 is 1.52 bits per heavy atom. The summed E-state index contributed by atoms with van der Waals surface area (Å²) in [4.78, 5) is 11.4. The highest BCUT2D eigenvalue weighted by Gasteiger charge is 2.26. The molecule has 1 aliphatic rings. The molecule has 1 aromatic rings. The Hall–Kier alpha value is -0.990. The molecule has 1 unspecified atom stereocenters. The molecule has 8 heteroatoms. The standard InChI is InChI=1S/C13H16BrFN2O3S/c1-7(4-8-2-3-8)17-13(18)10-5-9(14)6-11(12(10)15)21(16,19)20/h5-8H,2-4H2,1H3,(H,17,18)(H2,16,19,20). The number of rotatable bonds is 5. The molecule has 0 radical (unpaired) electrons. The summed E-state index contributed by atoms with van der Waals surface area (Å²) in [6.07, 6.45) is 3.14. The molecule has 0 heterocycles. The molecule has 0 bridgehead atoms. The second-order valence-corrected chi connectivity index (χ2v) is 7.81. The number of amides is 1. The van der Waals surface area contributed by atoms with E-state index in [0.717, 1.165) is 25.3 Å². The maximum atomic E-state index is 14.2. The molecule has 3 N–H and O–H groups in total. The van der Waals surface area contributed by atoms with E-state index in [0.29, 0.717) is 5.92 Å². The minimum atomic E-state index is -4.23. The van der Waals surface area contributed by atoms with E-state index in [2.05, 4.69) is 21.2 Å². The number of nitrogens with one attached hydrogen (secondary N) is 1. The third-order valence-corrected chi connectivity index (χ3v) is 4.68. The first-order valence-electron chi connectivity index (χ1n) is 6.51. The molecule has 0 aromatic heterocycles. The van der Waals surface area contributed by atoms with Gasteiger partial charge in [-0.3, -0.25) is 4.79 Å². The van der Waals surface area contributed by atoms with Gasteiger partial charge in [-0.2, -0.15) is 0 Å². The summed E-state index contributed by atoms with van der Waals surface area (Å²) in [6, 6.07) is 2.18. The third-order valence-electron chi connectivity index (χ3n) is 3.32. The molecule has 1 saturated carbocycles. The Morgan fingerprint density at radius 3 is 2.67 bits per heavy atom. The van der Waals surface area contributed by atoms with Gasteiger partial charge in [0, 0.05) is 10.5 Å². The summed E-state index contributed by atoms with van der Waals surface area (Å²) in [6.45, 7) is 1.84. The van der Waals surface area contributed by atoms with Crippen molar-refractivity contribution in [2.24, 2.45) is 11.1 Å². The van der Waals surface area contributed by atoms with Gasteiger partial charge >= 0.3 is 0 Å². The summed E-state index contributed by atoms with van der Waals surface area (Å²) in [7, 11) is -4.23. The van der Waals surface area contributed by atoms with Crippen LogP contribution in [0.4, 0.5) is 4.39 Å². The lowest BCUT2D eigenvalue weighted by molar-refractivity contribution is 0.0932. The highest BCUT2D eigenvalue weighted by Crippen LogP contribution is 2.33. The van der Waals surface area contributed by atoms with Gasteiger partial charge in [0.25, 0.3) is 5.91 Å². The summed E-state index contributed by atoms with van der Waals surface area (Å²) < 4.78 is 37.1. The lowest BCUT2D eigenvalue weighted by atomic mass is 10.1. The minimum Gasteiger partial charge on any atom is -0.349 e. The van der Waals surface area contributed by atoms with Gasteiger partial charge in [0.15, 0.2) is 5.82 Å². The van der Waals surface area contributed by atoms with E-state index in [4.69, 9.17) is 5.14 Å². The third kappa shape index (κ3) is 4.24. The molecule has 0 saturated heterocycles. The smallest absolute Gasteiger partial charge is 0.254 e. The molecule has 1 amide bonds. The lowest BCUT2D eigenvalue weighted by Crippen LogP contribution is -2.33. The first kappa shape index (κ1) is 16.4. The van der Waals surface area contributed by atoms with E-state index < -0.39 is 26.6 Å². The number of hydrogen-bond donors (Lipinski definition) is 2. The Bertz CT molecular complexity index is 674. The van der Waals surface area contributed by atoms with Crippen LogP contribution >= 0.6 is 15.9 Å². The zero-order valence-electron chi connectivity index (χ0n) is 11.4. The van der Waals surface area contributed by atoms with Crippen molar-refractivity contribution in [1.82, 2.24) is 5.32 Å². The highest BCUT2D eigenvalue weighted by atomic mass is 79.9. The van der Waals surface area contributed by atoms with Crippen LogP contribution in [0.25, 0.3) is 0 Å². The van der Waals surface area contributed by atoms with Crippen molar-refractivity contribution in [3.05, 3.63) is 28.0 Å². The Labute approximate surface area is 131 Å². The predicted molar refractivity (Wildman–Crippen MR) is 79.7 cm³/mol. The van der Waals surface area contributed by atoms with Gasteiger partial charge in [0.2, 0.25) is 10.0 Å². The van der Waals surface area contributed by atoms with Crippen molar-refractivity contribution in [1.29, 1.82) is 0 Å². The second kappa shape index (κ2) is 6.02. The minimum absolute atomic E-state index is 0.0960. The fourth-order valence-electron chi connectivity index (χ4n) is 2.15. The number of hydrogen-bond acceptors (Lipinski definition) is 3. The molecular weight excluding hydrogens is 363 g/mol. The molecule has 1 aromatic carbocycles. The van der Waals surface area contributed by atoms with Crippen LogP contribution in [0.3, 0.4) is 0 Å². The van der Waals surface area contributed by atoms with E-state index in [1.54, 1.807) is 0 Å². The first-order valence-corrected chi connectivity index (χ1v) is 8.85. The van der Waals surface area contributed by atoms with Crippen molar-refractivity contribution in [3.8, 4) is 0 Å². The molecular formula is C13H16BrFN2O3S. The number of carbonyl (C=O) groups is 1. The number of benzene rings is 1. The second-order valence-electron chi connectivity index (χ2n) is 5.36. The lowest BCUT2D eigenvalue weighted by Gasteiger charge is -2.14. The largest absolute Gasteiger partial charge is 0.349 e. The molecule has 5 nitrogen and oxygen atoms in total. The number of carbonyl (C=O) groups excluding carboxylic acids is 1. The van der Waals surface area contributed by atoms with Crippen molar-refractivity contribution >= 4 is 31.9 Å². The topological polar surface area (TPSA) is 89.3 Å². The molecule has 1 aliphatic carbocycles. The molecule has 0 aliphatic heterocycles. The van der Waals surface area contributed by atoms with Gasteiger partial charge in [-0.1, -0.05) is 28.8 Å². The fraction of sp³-hybridized carbons (Fsp3) is 0.462. The van der Waals surface area contributed by atoms with Gasteiger partial charge < -0.3 is 5.32 Å². The van der Waals surface area contributed by atoms with E-state index in [1.807, 2.05) is 6.92 Å². The van der Waals surface area contributed by atoms with Crippen LogP contribution in [0.15, 0.2) is 21.5 Å². The molecule has 116 valence electrons. The normalized spacial score (nSPS) is 16.6. The van der Waals surface area contributed by atoms with Gasteiger partial charge in [0.05, 0.1) is 5.56 Å². The number of halogens is 2. The van der Waals surface area contributed by atoms with E-state index in [9.17, 15) is 17.6 Å². The molecule has 21 heavy (non-hydrogen) atoms. The van der Waals surface area contributed by atoms with E-state index in [1.165, 1.54) is 6.07 Å². The van der Waals surface area contributed by atoms with Crippen LogP contribution in [0, 0.1) is 11.7 Å². The zero-order valence-corrected chi connectivity index (χ0v) is 13.8. The number of nitrogens with two attached hydrogens (primary N) is 1. The van der Waals surface area contributed by atoms with Crippen molar-refractivity contribution in [2.75, 3.05) is 0 Å². The first-order chi connectivity index (χ1) is 9.68. The Balaban J connectivity index is 2.25. The quantitative estimate of drug-likeness (QED) is 0.822. The SMILES string of the molecule is CC(CC1CC1)NC(=O)c1cc(Br)cc(S(N)(=O)=O)c1F. The maximum absolute atomic E-state index is 14.2. The van der Waals surface area contributed by atoms with Crippen LogP contribution in [-0.2, 0) is 10.0 Å². The Morgan fingerprint density at radius 2 is 2.14 bits per heavy atom. The van der Waals surface area contributed by atoms with E-state index in [-0.39, 0.29) is 16.1 Å².